The lowest BCUT2D eigenvalue weighted by Crippen LogP contribution is -2.01. The highest BCUT2D eigenvalue weighted by Gasteiger charge is 2.19. The number of hydrogen-bond donors (Lipinski definition) is 0. The fraction of sp³-hybridized carbons (Fsp3) is 0. The van der Waals surface area contributed by atoms with E-state index in [9.17, 15) is 0 Å². The summed E-state index contributed by atoms with van der Waals surface area (Å²) < 4.78 is 0. The first kappa shape index (κ1) is 33.6. The third-order valence-electron chi connectivity index (χ3n) is 11.3. The third-order valence-corrected chi connectivity index (χ3v) is 11.3. The molecule has 0 spiro atoms. The molecule has 1 aromatic heterocycles. The first-order valence-corrected chi connectivity index (χ1v) is 19.7. The van der Waals surface area contributed by atoms with Crippen molar-refractivity contribution in [3.63, 3.8) is 0 Å². The molecule has 11 aromatic rings. The zero-order valence-corrected chi connectivity index (χ0v) is 31.5. The lowest BCUT2D eigenvalue weighted by molar-refractivity contribution is 1.08. The van der Waals surface area contributed by atoms with Crippen LogP contribution in [-0.2, 0) is 0 Å². The van der Waals surface area contributed by atoms with E-state index in [2.05, 4.69) is 212 Å². The average molecular weight is 738 g/mol. The Balaban J connectivity index is 1.08. The standard InChI is InChI=1S/C55H35N3/c1-3-17-39(18-4-1)51-45-25-11-12-26-46(45)52(40-19-5-2-6-20-40)50-35-42(33-34-47(50)51)36-29-31-41(32-30-36)53-56-54(48-27-13-21-37-15-7-9-23-43(37)48)58-55(57-53)49-28-14-22-38-16-8-10-24-44(38)49/h1-35H. The Morgan fingerprint density at radius 2 is 0.621 bits per heavy atom. The second-order valence-electron chi connectivity index (χ2n) is 14.7. The van der Waals surface area contributed by atoms with Crippen LogP contribution in [0.25, 0.3) is 111 Å². The molecular weight excluding hydrogens is 703 g/mol. The maximum Gasteiger partial charge on any atom is 0.164 e. The number of hydrogen-bond acceptors (Lipinski definition) is 3. The van der Waals surface area contributed by atoms with E-state index in [4.69, 9.17) is 15.0 Å². The minimum absolute atomic E-state index is 0.635. The fourth-order valence-corrected chi connectivity index (χ4v) is 8.59. The van der Waals surface area contributed by atoms with E-state index in [0.29, 0.717) is 17.5 Å². The summed E-state index contributed by atoms with van der Waals surface area (Å²) in [5.41, 5.74) is 10.1. The summed E-state index contributed by atoms with van der Waals surface area (Å²) in [7, 11) is 0. The molecule has 0 atom stereocenters. The Hall–Kier alpha value is -7.75. The van der Waals surface area contributed by atoms with Crippen molar-refractivity contribution in [2.45, 2.75) is 0 Å². The maximum atomic E-state index is 5.16. The smallest absolute Gasteiger partial charge is 0.164 e. The molecule has 0 radical (unpaired) electrons. The van der Waals surface area contributed by atoms with Gasteiger partial charge in [0.05, 0.1) is 0 Å². The van der Waals surface area contributed by atoms with Gasteiger partial charge in [0.25, 0.3) is 0 Å². The molecule has 58 heavy (non-hydrogen) atoms. The fourth-order valence-electron chi connectivity index (χ4n) is 8.59. The van der Waals surface area contributed by atoms with Crippen molar-refractivity contribution in [1.29, 1.82) is 0 Å². The number of aromatic nitrogens is 3. The normalized spacial score (nSPS) is 11.4. The van der Waals surface area contributed by atoms with Gasteiger partial charge in [-0.05, 0) is 82.5 Å². The van der Waals surface area contributed by atoms with Gasteiger partial charge >= 0.3 is 0 Å². The molecule has 1 heterocycles. The Kier molecular flexibility index (Phi) is 8.15. The van der Waals surface area contributed by atoms with Gasteiger partial charge in [-0.15, -0.1) is 0 Å². The van der Waals surface area contributed by atoms with Gasteiger partial charge in [-0.2, -0.15) is 0 Å². The number of benzene rings is 10. The van der Waals surface area contributed by atoms with Crippen molar-refractivity contribution in [2.75, 3.05) is 0 Å². The van der Waals surface area contributed by atoms with Crippen molar-refractivity contribution >= 4 is 43.1 Å². The van der Waals surface area contributed by atoms with Gasteiger partial charge in [0.15, 0.2) is 17.5 Å². The SMILES string of the molecule is c1ccc(-c2c3ccccc3c(-c3ccccc3)c3cc(-c4ccc(-c5nc(-c6cccc7ccccc67)nc(-c6cccc7ccccc67)n5)cc4)ccc23)cc1. The highest BCUT2D eigenvalue weighted by molar-refractivity contribution is 6.22. The largest absolute Gasteiger partial charge is 0.208 e. The van der Waals surface area contributed by atoms with Crippen molar-refractivity contribution in [3.8, 4) is 67.5 Å². The second-order valence-corrected chi connectivity index (χ2v) is 14.7. The van der Waals surface area contributed by atoms with E-state index in [1.807, 2.05) is 0 Å². The van der Waals surface area contributed by atoms with Crippen molar-refractivity contribution in [3.05, 3.63) is 212 Å². The van der Waals surface area contributed by atoms with Crippen LogP contribution in [-0.4, -0.2) is 15.0 Å². The van der Waals surface area contributed by atoms with Crippen LogP contribution >= 0.6 is 0 Å². The molecule has 0 saturated carbocycles. The molecule has 0 unspecified atom stereocenters. The van der Waals surface area contributed by atoms with Crippen LogP contribution in [0, 0.1) is 0 Å². The molecule has 0 saturated heterocycles. The van der Waals surface area contributed by atoms with Crippen LogP contribution in [0.1, 0.15) is 0 Å². The van der Waals surface area contributed by atoms with Crippen LogP contribution in [0.3, 0.4) is 0 Å². The Bertz CT molecular complexity index is 3210. The lowest BCUT2D eigenvalue weighted by atomic mass is 9.85. The van der Waals surface area contributed by atoms with Gasteiger partial charge in [-0.1, -0.05) is 206 Å². The van der Waals surface area contributed by atoms with E-state index in [-0.39, 0.29) is 0 Å². The van der Waals surface area contributed by atoms with Gasteiger partial charge in [0, 0.05) is 16.7 Å². The lowest BCUT2D eigenvalue weighted by Gasteiger charge is -2.18. The van der Waals surface area contributed by atoms with Gasteiger partial charge in [-0.25, -0.2) is 15.0 Å². The Morgan fingerprint density at radius 3 is 1.17 bits per heavy atom. The molecular formula is C55H35N3. The van der Waals surface area contributed by atoms with Crippen LogP contribution in [0.2, 0.25) is 0 Å². The molecule has 0 aliphatic heterocycles. The molecule has 0 bridgehead atoms. The predicted molar refractivity (Wildman–Crippen MR) is 242 cm³/mol. The molecule has 3 heteroatoms. The highest BCUT2D eigenvalue weighted by atomic mass is 15.0. The molecule has 0 amide bonds. The zero-order chi connectivity index (χ0) is 38.4. The first-order valence-electron chi connectivity index (χ1n) is 19.7. The molecule has 270 valence electrons. The second kappa shape index (κ2) is 14.1. The summed E-state index contributed by atoms with van der Waals surface area (Å²) in [5, 5.41) is 9.46. The van der Waals surface area contributed by atoms with Gasteiger partial charge < -0.3 is 0 Å². The molecule has 0 aliphatic carbocycles. The molecule has 0 aliphatic rings. The quantitative estimate of drug-likeness (QED) is 0.160. The predicted octanol–water partition coefficient (Wildman–Crippen LogP) is 14.5. The van der Waals surface area contributed by atoms with E-state index >= 15 is 0 Å². The molecule has 0 fully saturated rings. The van der Waals surface area contributed by atoms with Gasteiger partial charge in [0.2, 0.25) is 0 Å². The molecule has 10 aromatic carbocycles. The topological polar surface area (TPSA) is 38.7 Å². The summed E-state index contributed by atoms with van der Waals surface area (Å²) in [4.78, 5) is 15.5. The first-order chi connectivity index (χ1) is 28.8. The van der Waals surface area contributed by atoms with Crippen molar-refractivity contribution in [2.24, 2.45) is 0 Å². The highest BCUT2D eigenvalue weighted by Crippen LogP contribution is 2.45. The minimum atomic E-state index is 0.635. The van der Waals surface area contributed by atoms with Crippen LogP contribution < -0.4 is 0 Å². The van der Waals surface area contributed by atoms with E-state index in [1.54, 1.807) is 0 Å². The average Bonchev–Trinajstić information content (AvgIpc) is 3.30. The van der Waals surface area contributed by atoms with E-state index < -0.39 is 0 Å². The zero-order valence-electron chi connectivity index (χ0n) is 31.5. The summed E-state index contributed by atoms with van der Waals surface area (Å²) in [6, 6.07) is 75.4. The number of nitrogens with zero attached hydrogens (tertiary/aromatic N) is 3. The van der Waals surface area contributed by atoms with E-state index in [1.165, 1.54) is 43.8 Å². The van der Waals surface area contributed by atoms with Crippen molar-refractivity contribution < 1.29 is 0 Å². The monoisotopic (exact) mass is 737 g/mol. The number of fused-ring (bicyclic) bond motifs is 4. The number of rotatable bonds is 6. The Morgan fingerprint density at radius 1 is 0.224 bits per heavy atom. The molecule has 11 rings (SSSR count). The van der Waals surface area contributed by atoms with E-state index in [0.717, 1.165) is 49.4 Å². The Labute approximate surface area is 336 Å². The summed E-state index contributed by atoms with van der Waals surface area (Å²) in [6.45, 7) is 0. The molecule has 3 nitrogen and oxygen atoms in total. The minimum Gasteiger partial charge on any atom is -0.208 e. The summed E-state index contributed by atoms with van der Waals surface area (Å²) in [6.07, 6.45) is 0. The summed E-state index contributed by atoms with van der Waals surface area (Å²) in [5.74, 6) is 1.94. The summed E-state index contributed by atoms with van der Waals surface area (Å²) >= 11 is 0. The van der Waals surface area contributed by atoms with Gasteiger partial charge in [0.1, 0.15) is 0 Å². The molecule has 0 N–H and O–H groups in total. The van der Waals surface area contributed by atoms with Gasteiger partial charge in [-0.3, -0.25) is 0 Å². The van der Waals surface area contributed by atoms with Crippen LogP contribution in [0.15, 0.2) is 212 Å². The maximum absolute atomic E-state index is 5.16. The van der Waals surface area contributed by atoms with Crippen molar-refractivity contribution in [1.82, 2.24) is 15.0 Å². The third kappa shape index (κ3) is 5.80. The van der Waals surface area contributed by atoms with Crippen LogP contribution in [0.4, 0.5) is 0 Å². The van der Waals surface area contributed by atoms with Crippen LogP contribution in [0.5, 0.6) is 0 Å².